The number of hydrogen-bond donors (Lipinski definition) is 1. The van der Waals surface area contributed by atoms with Crippen molar-refractivity contribution >= 4 is 23.5 Å². The number of nitrogens with one attached hydrogen (secondary N) is 1. The molecule has 0 aromatic heterocycles. The SMILES string of the molecule is COC(=O)c1ccc(C)c(NC(=O)[C@@H]2CC=CC[C@@H]2C(=O)[O-])c1. The van der Waals surface area contributed by atoms with E-state index in [0.29, 0.717) is 17.7 Å². The van der Waals surface area contributed by atoms with Crippen molar-refractivity contribution in [1.29, 1.82) is 0 Å². The van der Waals surface area contributed by atoms with Crippen LogP contribution in [-0.4, -0.2) is 25.0 Å². The predicted octanol–water partition coefficient (Wildman–Crippen LogP) is 1.05. The molecule has 0 fully saturated rings. The molecule has 0 spiro atoms. The number of rotatable bonds is 4. The van der Waals surface area contributed by atoms with E-state index < -0.39 is 29.7 Å². The van der Waals surface area contributed by atoms with Gasteiger partial charge in [-0.25, -0.2) is 4.79 Å². The lowest BCUT2D eigenvalue weighted by atomic mass is 9.82. The first-order valence-electron chi connectivity index (χ1n) is 7.29. The predicted molar refractivity (Wildman–Crippen MR) is 81.5 cm³/mol. The van der Waals surface area contributed by atoms with Crippen LogP contribution < -0.4 is 10.4 Å². The number of carboxylic acid groups (broad SMARTS) is 1. The Kier molecular flexibility index (Phi) is 5.16. The smallest absolute Gasteiger partial charge is 0.337 e. The minimum Gasteiger partial charge on any atom is -0.550 e. The number of allylic oxidation sites excluding steroid dienone is 2. The number of ether oxygens (including phenoxy) is 1. The largest absolute Gasteiger partial charge is 0.550 e. The molecule has 0 unspecified atom stereocenters. The Bertz CT molecular complexity index is 665. The van der Waals surface area contributed by atoms with E-state index >= 15 is 0 Å². The Morgan fingerprint density at radius 1 is 1.17 bits per heavy atom. The summed E-state index contributed by atoms with van der Waals surface area (Å²) in [4.78, 5) is 35.2. The molecule has 2 atom stereocenters. The Hall–Kier alpha value is -2.63. The Balaban J connectivity index is 2.21. The average Bonchev–Trinajstić information content (AvgIpc) is 2.56. The molecule has 1 amide bonds. The summed E-state index contributed by atoms with van der Waals surface area (Å²) in [6.45, 7) is 1.79. The van der Waals surface area contributed by atoms with Gasteiger partial charge >= 0.3 is 5.97 Å². The van der Waals surface area contributed by atoms with Gasteiger partial charge in [-0.3, -0.25) is 4.79 Å². The zero-order valence-electron chi connectivity index (χ0n) is 13.0. The third-order valence-electron chi connectivity index (χ3n) is 3.99. The number of hydrogen-bond acceptors (Lipinski definition) is 5. The van der Waals surface area contributed by atoms with E-state index in [4.69, 9.17) is 0 Å². The van der Waals surface area contributed by atoms with Crippen LogP contribution in [0.4, 0.5) is 5.69 Å². The normalized spacial score (nSPS) is 19.9. The van der Waals surface area contributed by atoms with Crippen molar-refractivity contribution in [3.05, 3.63) is 41.5 Å². The van der Waals surface area contributed by atoms with Gasteiger partial charge in [0.05, 0.1) is 18.6 Å². The van der Waals surface area contributed by atoms with Crippen molar-refractivity contribution in [2.45, 2.75) is 19.8 Å². The van der Waals surface area contributed by atoms with E-state index in [1.165, 1.54) is 13.2 Å². The minimum absolute atomic E-state index is 0.279. The molecule has 0 heterocycles. The summed E-state index contributed by atoms with van der Waals surface area (Å²) >= 11 is 0. The van der Waals surface area contributed by atoms with Gasteiger partial charge in [-0.05, 0) is 37.5 Å². The second kappa shape index (κ2) is 7.09. The zero-order chi connectivity index (χ0) is 17.0. The van der Waals surface area contributed by atoms with Gasteiger partial charge < -0.3 is 20.0 Å². The number of anilines is 1. The highest BCUT2D eigenvalue weighted by Crippen LogP contribution is 2.27. The molecule has 0 aliphatic heterocycles. The van der Waals surface area contributed by atoms with Crippen LogP contribution in [0.15, 0.2) is 30.4 Å². The van der Waals surface area contributed by atoms with Gasteiger partial charge in [-0.2, -0.15) is 0 Å². The Morgan fingerprint density at radius 2 is 1.83 bits per heavy atom. The maximum Gasteiger partial charge on any atom is 0.337 e. The molecular formula is C17H18NO5-. The first-order valence-corrected chi connectivity index (χ1v) is 7.29. The van der Waals surface area contributed by atoms with E-state index in [2.05, 4.69) is 10.1 Å². The summed E-state index contributed by atoms with van der Waals surface area (Å²) in [6, 6.07) is 4.81. The summed E-state index contributed by atoms with van der Waals surface area (Å²) in [5.41, 5.74) is 1.54. The molecule has 1 aromatic carbocycles. The monoisotopic (exact) mass is 316 g/mol. The lowest BCUT2D eigenvalue weighted by Crippen LogP contribution is -2.41. The highest BCUT2D eigenvalue weighted by Gasteiger charge is 2.30. The zero-order valence-corrected chi connectivity index (χ0v) is 13.0. The molecule has 0 saturated heterocycles. The van der Waals surface area contributed by atoms with Crippen LogP contribution in [0.1, 0.15) is 28.8 Å². The summed E-state index contributed by atoms with van der Waals surface area (Å²) < 4.78 is 4.65. The Morgan fingerprint density at radius 3 is 2.43 bits per heavy atom. The number of aryl methyl sites for hydroxylation is 1. The molecule has 2 rings (SSSR count). The molecule has 1 aliphatic rings. The van der Waals surface area contributed by atoms with Gasteiger partial charge in [-0.15, -0.1) is 0 Å². The van der Waals surface area contributed by atoms with Crippen molar-refractivity contribution in [1.82, 2.24) is 0 Å². The molecule has 0 bridgehead atoms. The van der Waals surface area contributed by atoms with E-state index in [1.807, 2.05) is 0 Å². The van der Waals surface area contributed by atoms with E-state index in [1.54, 1.807) is 31.2 Å². The minimum atomic E-state index is -1.23. The van der Waals surface area contributed by atoms with E-state index in [9.17, 15) is 19.5 Å². The van der Waals surface area contributed by atoms with Gasteiger partial charge in [0, 0.05) is 17.6 Å². The lowest BCUT2D eigenvalue weighted by molar-refractivity contribution is -0.313. The topological polar surface area (TPSA) is 95.5 Å². The maximum absolute atomic E-state index is 12.4. The fraction of sp³-hybridized carbons (Fsp3) is 0.353. The fourth-order valence-electron chi connectivity index (χ4n) is 2.59. The van der Waals surface area contributed by atoms with Crippen molar-refractivity contribution < 1.29 is 24.2 Å². The first-order chi connectivity index (χ1) is 10.9. The van der Waals surface area contributed by atoms with Gasteiger partial charge in [-0.1, -0.05) is 18.2 Å². The van der Waals surface area contributed by atoms with Crippen LogP contribution in [0.25, 0.3) is 0 Å². The molecule has 23 heavy (non-hydrogen) atoms. The number of carbonyl (C=O) groups excluding carboxylic acids is 3. The maximum atomic E-state index is 12.4. The number of esters is 1. The summed E-state index contributed by atoms with van der Waals surface area (Å²) in [7, 11) is 1.28. The van der Waals surface area contributed by atoms with Gasteiger partial charge in [0.15, 0.2) is 0 Å². The molecular weight excluding hydrogens is 298 g/mol. The molecule has 1 aromatic rings. The van der Waals surface area contributed by atoms with E-state index in [0.717, 1.165) is 5.56 Å². The highest BCUT2D eigenvalue weighted by molar-refractivity contribution is 5.97. The van der Waals surface area contributed by atoms with Gasteiger partial charge in [0.1, 0.15) is 0 Å². The van der Waals surface area contributed by atoms with Crippen molar-refractivity contribution in [3.8, 4) is 0 Å². The van der Waals surface area contributed by atoms with Crippen LogP contribution in [0.3, 0.4) is 0 Å². The number of carboxylic acids is 1. The molecule has 1 N–H and O–H groups in total. The molecule has 0 radical (unpaired) electrons. The second-order valence-corrected chi connectivity index (χ2v) is 5.49. The molecule has 0 saturated carbocycles. The fourth-order valence-corrected chi connectivity index (χ4v) is 2.59. The molecule has 122 valence electrons. The number of methoxy groups -OCH3 is 1. The molecule has 1 aliphatic carbocycles. The van der Waals surface area contributed by atoms with Crippen molar-refractivity contribution in [3.63, 3.8) is 0 Å². The lowest BCUT2D eigenvalue weighted by Gasteiger charge is -2.28. The average molecular weight is 316 g/mol. The van der Waals surface area contributed by atoms with Crippen molar-refractivity contribution in [2.24, 2.45) is 11.8 Å². The van der Waals surface area contributed by atoms with Crippen LogP contribution in [0.5, 0.6) is 0 Å². The van der Waals surface area contributed by atoms with Gasteiger partial charge in [0.2, 0.25) is 5.91 Å². The highest BCUT2D eigenvalue weighted by atomic mass is 16.5. The van der Waals surface area contributed by atoms with E-state index in [-0.39, 0.29) is 6.42 Å². The number of aliphatic carboxylic acids is 1. The molecule has 6 heteroatoms. The number of benzene rings is 1. The van der Waals surface area contributed by atoms with Crippen LogP contribution in [0.2, 0.25) is 0 Å². The summed E-state index contributed by atoms with van der Waals surface area (Å²) in [6.07, 6.45) is 4.16. The quantitative estimate of drug-likeness (QED) is 0.662. The second-order valence-electron chi connectivity index (χ2n) is 5.49. The third kappa shape index (κ3) is 3.77. The summed E-state index contributed by atoms with van der Waals surface area (Å²) in [5.74, 6) is -3.66. The first kappa shape index (κ1) is 16.7. The van der Waals surface area contributed by atoms with Crippen molar-refractivity contribution in [2.75, 3.05) is 12.4 Å². The Labute approximate surface area is 134 Å². The molecule has 6 nitrogen and oxygen atoms in total. The standard InChI is InChI=1S/C17H19NO5/c1-10-7-8-11(17(22)23-2)9-14(10)18-15(19)12-5-3-4-6-13(12)16(20)21/h3-4,7-9,12-13H,5-6H2,1-2H3,(H,18,19)(H,20,21)/p-1/t12-,13+/m1/s1. The third-order valence-corrected chi connectivity index (χ3v) is 3.99. The van der Waals surface area contributed by atoms with Crippen LogP contribution in [0, 0.1) is 18.8 Å². The van der Waals surface area contributed by atoms with Gasteiger partial charge in [0.25, 0.3) is 0 Å². The number of amides is 1. The van der Waals surface area contributed by atoms with Crippen LogP contribution in [-0.2, 0) is 14.3 Å². The van der Waals surface area contributed by atoms with Crippen LogP contribution >= 0.6 is 0 Å². The summed E-state index contributed by atoms with van der Waals surface area (Å²) in [5, 5.41) is 13.9. The number of carbonyl (C=O) groups is 3.